The summed E-state index contributed by atoms with van der Waals surface area (Å²) in [5.41, 5.74) is 0.762. The Hall–Kier alpha value is -3.09. The Morgan fingerprint density at radius 2 is 1.85 bits per heavy atom. The molecule has 0 radical (unpaired) electrons. The van der Waals surface area contributed by atoms with Crippen molar-refractivity contribution in [1.82, 2.24) is 0 Å². The number of carbonyl (C=O) groups is 2. The van der Waals surface area contributed by atoms with Crippen LogP contribution in [0.25, 0.3) is 0 Å². The van der Waals surface area contributed by atoms with Crippen LogP contribution in [0.15, 0.2) is 36.4 Å². The molecule has 1 heterocycles. The molecule has 134 valence electrons. The minimum absolute atomic E-state index is 0.0246. The number of amides is 1. The lowest BCUT2D eigenvalue weighted by atomic mass is 10.1. The summed E-state index contributed by atoms with van der Waals surface area (Å²) in [6, 6.07) is 8.91. The summed E-state index contributed by atoms with van der Waals surface area (Å²) in [5.74, 6) is -1.08. The van der Waals surface area contributed by atoms with Crippen LogP contribution in [-0.4, -0.2) is 30.2 Å². The van der Waals surface area contributed by atoms with Crippen molar-refractivity contribution >= 4 is 17.6 Å². The molecule has 7 heteroatoms. The summed E-state index contributed by atoms with van der Waals surface area (Å²) in [7, 11) is 0. The zero-order valence-corrected chi connectivity index (χ0v) is 13.7. The van der Waals surface area contributed by atoms with E-state index in [0.29, 0.717) is 31.1 Å². The minimum atomic E-state index is -1.18. The van der Waals surface area contributed by atoms with Gasteiger partial charge in [-0.2, -0.15) is 0 Å². The van der Waals surface area contributed by atoms with Crippen LogP contribution in [-0.2, 0) is 4.79 Å². The number of benzene rings is 2. The van der Waals surface area contributed by atoms with Crippen molar-refractivity contribution in [3.8, 4) is 11.5 Å². The van der Waals surface area contributed by atoms with Crippen molar-refractivity contribution in [3.05, 3.63) is 53.3 Å². The molecule has 1 saturated carbocycles. The third-order valence-electron chi connectivity index (χ3n) is 4.59. The molecule has 0 aromatic heterocycles. The van der Waals surface area contributed by atoms with Crippen LogP contribution < -0.4 is 14.8 Å². The number of hydrogen-bond acceptors (Lipinski definition) is 4. The molecular formula is C19H16FNO5. The number of aromatic carboxylic acids is 1. The van der Waals surface area contributed by atoms with Crippen LogP contribution in [0.4, 0.5) is 10.1 Å². The van der Waals surface area contributed by atoms with Crippen LogP contribution in [0.5, 0.6) is 11.5 Å². The van der Waals surface area contributed by atoms with E-state index in [9.17, 15) is 14.0 Å². The quantitative estimate of drug-likeness (QED) is 0.879. The van der Waals surface area contributed by atoms with Gasteiger partial charge < -0.3 is 19.9 Å². The number of ether oxygens (including phenoxy) is 2. The number of fused-ring (bicyclic) bond motifs is 1. The molecule has 2 unspecified atom stereocenters. The molecule has 4 rings (SSSR count). The molecule has 26 heavy (non-hydrogen) atoms. The van der Waals surface area contributed by atoms with Gasteiger partial charge in [-0.05, 0) is 48.2 Å². The number of rotatable bonds is 4. The zero-order valence-electron chi connectivity index (χ0n) is 13.7. The average Bonchev–Trinajstić information content (AvgIpc) is 3.44. The van der Waals surface area contributed by atoms with Gasteiger partial charge >= 0.3 is 5.97 Å². The SMILES string of the molecule is O=C(O)c1ccc(F)c(NC(=O)C2CC2c2ccc3c(c2)OCCO3)c1. The predicted molar refractivity (Wildman–Crippen MR) is 90.3 cm³/mol. The van der Waals surface area contributed by atoms with Crippen molar-refractivity contribution < 1.29 is 28.6 Å². The molecule has 2 N–H and O–H groups in total. The highest BCUT2D eigenvalue weighted by Gasteiger charge is 2.44. The summed E-state index contributed by atoms with van der Waals surface area (Å²) in [4.78, 5) is 23.4. The van der Waals surface area contributed by atoms with Gasteiger partial charge in [-0.15, -0.1) is 0 Å². The highest BCUT2D eigenvalue weighted by molar-refractivity contribution is 5.97. The summed E-state index contributed by atoms with van der Waals surface area (Å²) in [5, 5.41) is 11.5. The number of halogens is 1. The molecule has 2 aliphatic rings. The van der Waals surface area contributed by atoms with Gasteiger partial charge in [-0.1, -0.05) is 6.07 Å². The molecule has 2 atom stereocenters. The van der Waals surface area contributed by atoms with Crippen LogP contribution >= 0.6 is 0 Å². The van der Waals surface area contributed by atoms with Crippen molar-refractivity contribution in [2.75, 3.05) is 18.5 Å². The van der Waals surface area contributed by atoms with E-state index >= 15 is 0 Å². The minimum Gasteiger partial charge on any atom is -0.486 e. The molecule has 1 fully saturated rings. The van der Waals surface area contributed by atoms with E-state index < -0.39 is 11.8 Å². The highest BCUT2D eigenvalue weighted by Crippen LogP contribution is 2.49. The first-order valence-corrected chi connectivity index (χ1v) is 8.26. The third kappa shape index (κ3) is 3.08. The number of nitrogens with one attached hydrogen (secondary N) is 1. The number of anilines is 1. The van der Waals surface area contributed by atoms with Crippen molar-refractivity contribution in [2.45, 2.75) is 12.3 Å². The molecule has 1 aliphatic carbocycles. The molecule has 2 aromatic carbocycles. The molecule has 0 spiro atoms. The van der Waals surface area contributed by atoms with E-state index in [1.807, 2.05) is 18.2 Å². The fourth-order valence-electron chi connectivity index (χ4n) is 3.12. The van der Waals surface area contributed by atoms with E-state index in [1.54, 1.807) is 0 Å². The summed E-state index contributed by atoms with van der Waals surface area (Å²) >= 11 is 0. The van der Waals surface area contributed by atoms with Crippen molar-refractivity contribution in [3.63, 3.8) is 0 Å². The molecule has 1 amide bonds. The molecule has 1 aliphatic heterocycles. The predicted octanol–water partition coefficient (Wildman–Crippen LogP) is 3.04. The van der Waals surface area contributed by atoms with Gasteiger partial charge in [-0.25, -0.2) is 9.18 Å². The average molecular weight is 357 g/mol. The largest absolute Gasteiger partial charge is 0.486 e. The number of hydrogen-bond donors (Lipinski definition) is 2. The maximum absolute atomic E-state index is 13.8. The maximum Gasteiger partial charge on any atom is 0.335 e. The summed E-state index contributed by atoms with van der Waals surface area (Å²) in [6.45, 7) is 1.01. The van der Waals surface area contributed by atoms with Gasteiger partial charge in [0.2, 0.25) is 5.91 Å². The second-order valence-corrected chi connectivity index (χ2v) is 6.34. The van der Waals surface area contributed by atoms with Gasteiger partial charge in [0.15, 0.2) is 11.5 Å². The fourth-order valence-corrected chi connectivity index (χ4v) is 3.12. The van der Waals surface area contributed by atoms with Gasteiger partial charge in [0, 0.05) is 5.92 Å². The van der Waals surface area contributed by atoms with Gasteiger partial charge in [-0.3, -0.25) is 4.79 Å². The number of carboxylic acid groups (broad SMARTS) is 1. The maximum atomic E-state index is 13.8. The van der Waals surface area contributed by atoms with Crippen LogP contribution in [0.1, 0.15) is 28.3 Å². The molecular weight excluding hydrogens is 341 g/mol. The first-order chi connectivity index (χ1) is 12.5. The first-order valence-electron chi connectivity index (χ1n) is 8.26. The van der Waals surface area contributed by atoms with Gasteiger partial charge in [0.1, 0.15) is 19.0 Å². The van der Waals surface area contributed by atoms with Gasteiger partial charge in [0.05, 0.1) is 11.3 Å². The molecule has 0 saturated heterocycles. The number of carbonyl (C=O) groups excluding carboxylic acids is 1. The Bertz CT molecular complexity index is 897. The Morgan fingerprint density at radius 1 is 1.08 bits per heavy atom. The van der Waals surface area contributed by atoms with E-state index in [4.69, 9.17) is 14.6 Å². The van der Waals surface area contributed by atoms with Crippen molar-refractivity contribution in [2.24, 2.45) is 5.92 Å². The van der Waals surface area contributed by atoms with E-state index in [0.717, 1.165) is 23.8 Å². The first kappa shape index (κ1) is 16.4. The van der Waals surface area contributed by atoms with E-state index in [-0.39, 0.29) is 29.0 Å². The normalized spacial score (nSPS) is 20.3. The second-order valence-electron chi connectivity index (χ2n) is 6.34. The highest BCUT2D eigenvalue weighted by atomic mass is 19.1. The Labute approximate surface area is 148 Å². The summed E-state index contributed by atoms with van der Waals surface area (Å²) in [6.07, 6.45) is 0.645. The van der Waals surface area contributed by atoms with E-state index in [2.05, 4.69) is 5.32 Å². The van der Waals surface area contributed by atoms with Gasteiger partial charge in [0.25, 0.3) is 0 Å². The zero-order chi connectivity index (χ0) is 18.3. The Kier molecular flexibility index (Phi) is 3.99. The fraction of sp³-hybridized carbons (Fsp3) is 0.263. The standard InChI is InChI=1S/C19H16FNO5/c20-14-3-1-11(19(23)24)7-15(14)21-18(22)13-9-12(13)10-2-4-16-17(8-10)26-6-5-25-16/h1-4,7-8,12-13H,5-6,9H2,(H,21,22)(H,23,24). The topological polar surface area (TPSA) is 84.9 Å². The lowest BCUT2D eigenvalue weighted by Crippen LogP contribution is -2.16. The second kappa shape index (κ2) is 6.33. The molecule has 0 bridgehead atoms. The van der Waals surface area contributed by atoms with Crippen LogP contribution in [0.3, 0.4) is 0 Å². The van der Waals surface area contributed by atoms with Crippen LogP contribution in [0, 0.1) is 11.7 Å². The molecule has 2 aromatic rings. The Balaban J connectivity index is 1.46. The smallest absolute Gasteiger partial charge is 0.335 e. The third-order valence-corrected chi connectivity index (χ3v) is 4.59. The summed E-state index contributed by atoms with van der Waals surface area (Å²) < 4.78 is 24.9. The lowest BCUT2D eigenvalue weighted by Gasteiger charge is -2.18. The van der Waals surface area contributed by atoms with Crippen LogP contribution in [0.2, 0.25) is 0 Å². The number of carboxylic acids is 1. The lowest BCUT2D eigenvalue weighted by molar-refractivity contribution is -0.117. The molecule has 6 nitrogen and oxygen atoms in total. The van der Waals surface area contributed by atoms with Crippen molar-refractivity contribution in [1.29, 1.82) is 0 Å². The van der Waals surface area contributed by atoms with E-state index in [1.165, 1.54) is 0 Å². The monoisotopic (exact) mass is 357 g/mol. The Morgan fingerprint density at radius 3 is 2.62 bits per heavy atom.